The molecule has 0 amide bonds. The minimum atomic E-state index is -4.43. The summed E-state index contributed by atoms with van der Waals surface area (Å²) in [5, 5.41) is 10.7. The Morgan fingerprint density at radius 3 is 1.73 bits per heavy atom. The van der Waals surface area contributed by atoms with Gasteiger partial charge in [0.25, 0.3) is 0 Å². The van der Waals surface area contributed by atoms with Crippen LogP contribution < -0.4 is 14.5 Å². The number of hydroxylamine groups is 1. The van der Waals surface area contributed by atoms with Crippen molar-refractivity contribution in [2.24, 2.45) is 5.92 Å². The van der Waals surface area contributed by atoms with E-state index in [4.69, 9.17) is 13.6 Å². The second-order valence-electron chi connectivity index (χ2n) is 19.2. The van der Waals surface area contributed by atoms with Crippen LogP contribution in [0.1, 0.15) is 195 Å². The average molecular weight is 724 g/mol. The molecule has 51 heavy (non-hydrogen) atoms. The molecule has 4 rings (SSSR count). The Hall–Kier alpha value is -2.11. The predicted molar refractivity (Wildman–Crippen MR) is 213 cm³/mol. The van der Waals surface area contributed by atoms with Gasteiger partial charge in [0, 0.05) is 34.1 Å². The summed E-state index contributed by atoms with van der Waals surface area (Å²) < 4.78 is 35.8. The Balaban J connectivity index is 2.08. The quantitative estimate of drug-likeness (QED) is 0.0982. The lowest BCUT2D eigenvalue weighted by molar-refractivity contribution is -0.105. The van der Waals surface area contributed by atoms with Gasteiger partial charge in [-0.3, -0.25) is 0 Å². The van der Waals surface area contributed by atoms with Crippen LogP contribution in [0.5, 0.6) is 11.5 Å². The van der Waals surface area contributed by atoms with Gasteiger partial charge in [-0.25, -0.2) is 9.09 Å². The zero-order valence-electron chi connectivity index (χ0n) is 34.7. The molecule has 6 nitrogen and oxygen atoms in total. The summed E-state index contributed by atoms with van der Waals surface area (Å²) >= 11 is 0. The number of hydrogen-bond acceptors (Lipinski definition) is 6. The Kier molecular flexibility index (Phi) is 12.2. The predicted octanol–water partition coefficient (Wildman–Crippen LogP) is 13.3. The SMILES string of the molecule is CC=C(CCC)CCC(C)(C)c1cc2c(c(C(C)(C)C)c1)OP(=O)(OC(CCC)(NO)C1CC1)Oc1c(cc(C(C)(C)C)cc1C(C)(C)C)C2C. The van der Waals surface area contributed by atoms with E-state index in [9.17, 15) is 5.21 Å². The van der Waals surface area contributed by atoms with Crippen LogP contribution in [-0.4, -0.2) is 10.9 Å². The highest BCUT2D eigenvalue weighted by Crippen LogP contribution is 2.63. The second-order valence-corrected chi connectivity index (χ2v) is 20.6. The molecule has 1 aliphatic carbocycles. The first-order valence-corrected chi connectivity index (χ1v) is 21.0. The molecule has 0 saturated heterocycles. The summed E-state index contributed by atoms with van der Waals surface area (Å²) in [4.78, 5) is 0. The first kappa shape index (κ1) is 41.6. The van der Waals surface area contributed by atoms with Crippen LogP contribution in [0.15, 0.2) is 35.9 Å². The van der Waals surface area contributed by atoms with Crippen molar-refractivity contribution in [3.05, 3.63) is 69.3 Å². The second kappa shape index (κ2) is 15.0. The molecule has 2 N–H and O–H groups in total. The fourth-order valence-corrected chi connectivity index (χ4v) is 9.15. The monoisotopic (exact) mass is 723 g/mol. The molecule has 2 aliphatic rings. The van der Waals surface area contributed by atoms with E-state index in [1.54, 1.807) is 0 Å². The summed E-state index contributed by atoms with van der Waals surface area (Å²) in [6.07, 6.45) is 9.50. The minimum absolute atomic E-state index is 0.00540. The third-order valence-corrected chi connectivity index (χ3v) is 12.6. The van der Waals surface area contributed by atoms with Crippen LogP contribution in [0.2, 0.25) is 0 Å². The van der Waals surface area contributed by atoms with Gasteiger partial charge in [-0.1, -0.05) is 146 Å². The fraction of sp³-hybridized carbons (Fsp3) is 0.682. The number of phosphoric ester groups is 1. The number of rotatable bonds is 12. The molecular formula is C44H70NO5P. The van der Waals surface area contributed by atoms with Gasteiger partial charge in [-0.15, -0.1) is 0 Å². The van der Waals surface area contributed by atoms with E-state index >= 15 is 4.57 Å². The number of hydrogen-bond donors (Lipinski definition) is 2. The molecule has 3 unspecified atom stereocenters. The topological polar surface area (TPSA) is 77.0 Å². The molecule has 0 radical (unpaired) electrons. The molecular weight excluding hydrogens is 653 g/mol. The Labute approximate surface area is 311 Å². The molecule has 2 aromatic rings. The van der Waals surface area contributed by atoms with Gasteiger partial charge in [0.1, 0.15) is 11.5 Å². The highest BCUT2D eigenvalue weighted by Gasteiger charge is 2.54. The summed E-state index contributed by atoms with van der Waals surface area (Å²) in [5.74, 6) is 0.959. The highest BCUT2D eigenvalue weighted by molar-refractivity contribution is 7.49. The molecule has 0 bridgehead atoms. The number of allylic oxidation sites excluding steroid dienone is 2. The first-order chi connectivity index (χ1) is 23.4. The molecule has 1 aliphatic heterocycles. The maximum Gasteiger partial charge on any atom is 0.589 e. The van der Waals surface area contributed by atoms with E-state index in [2.05, 4.69) is 133 Å². The maximum atomic E-state index is 15.6. The van der Waals surface area contributed by atoms with Crippen molar-refractivity contribution in [1.29, 1.82) is 0 Å². The summed E-state index contributed by atoms with van der Waals surface area (Å²) in [6.45, 7) is 33.1. The van der Waals surface area contributed by atoms with Crippen LogP contribution in [0.3, 0.4) is 0 Å². The van der Waals surface area contributed by atoms with E-state index in [0.29, 0.717) is 17.9 Å². The zero-order valence-corrected chi connectivity index (χ0v) is 35.6. The van der Waals surface area contributed by atoms with Crippen LogP contribution in [0.25, 0.3) is 0 Å². The first-order valence-electron chi connectivity index (χ1n) is 19.6. The smallest absolute Gasteiger partial charge is 0.394 e. The molecule has 286 valence electrons. The van der Waals surface area contributed by atoms with Crippen LogP contribution in [0.4, 0.5) is 0 Å². The minimum Gasteiger partial charge on any atom is -0.394 e. The zero-order chi connectivity index (χ0) is 38.4. The highest BCUT2D eigenvalue weighted by atomic mass is 31.2. The Morgan fingerprint density at radius 1 is 0.804 bits per heavy atom. The molecule has 1 fully saturated rings. The number of phosphoric acid groups is 1. The van der Waals surface area contributed by atoms with Crippen molar-refractivity contribution in [2.45, 2.75) is 189 Å². The molecule has 1 heterocycles. The van der Waals surface area contributed by atoms with Gasteiger partial charge in [-0.05, 0) is 78.2 Å². The van der Waals surface area contributed by atoms with Gasteiger partial charge < -0.3 is 14.3 Å². The molecule has 1 saturated carbocycles. The third kappa shape index (κ3) is 9.17. The van der Waals surface area contributed by atoms with Crippen molar-refractivity contribution >= 4 is 7.82 Å². The van der Waals surface area contributed by atoms with Gasteiger partial charge in [-0.2, -0.15) is 5.48 Å². The molecule has 3 atom stereocenters. The van der Waals surface area contributed by atoms with E-state index in [1.807, 2.05) is 6.92 Å². The van der Waals surface area contributed by atoms with Gasteiger partial charge in [0.15, 0.2) is 5.72 Å². The summed E-state index contributed by atoms with van der Waals surface area (Å²) in [7, 11) is -4.43. The van der Waals surface area contributed by atoms with Crippen molar-refractivity contribution in [1.82, 2.24) is 5.48 Å². The van der Waals surface area contributed by atoms with Crippen molar-refractivity contribution in [3.63, 3.8) is 0 Å². The van der Waals surface area contributed by atoms with E-state index < -0.39 is 13.5 Å². The molecule has 2 aromatic carbocycles. The van der Waals surface area contributed by atoms with Gasteiger partial charge in [0.05, 0.1) is 0 Å². The van der Waals surface area contributed by atoms with Gasteiger partial charge >= 0.3 is 7.82 Å². The fourth-order valence-electron chi connectivity index (χ4n) is 7.50. The molecule has 0 spiro atoms. The number of benzene rings is 2. The Bertz CT molecular complexity index is 1630. The number of nitrogens with one attached hydrogen (secondary N) is 1. The normalized spacial score (nSPS) is 21.5. The van der Waals surface area contributed by atoms with E-state index in [0.717, 1.165) is 67.2 Å². The molecule has 7 heteroatoms. The molecule has 0 aromatic heterocycles. The summed E-state index contributed by atoms with van der Waals surface area (Å²) in [6, 6.07) is 9.02. The average Bonchev–Trinajstić information content (AvgIpc) is 3.86. The largest absolute Gasteiger partial charge is 0.589 e. The van der Waals surface area contributed by atoms with Crippen LogP contribution in [0, 0.1) is 5.92 Å². The lowest BCUT2D eigenvalue weighted by Crippen LogP contribution is -2.48. The van der Waals surface area contributed by atoms with E-state index in [-0.39, 0.29) is 33.5 Å². The van der Waals surface area contributed by atoms with Crippen molar-refractivity contribution in [2.75, 3.05) is 0 Å². The van der Waals surface area contributed by atoms with Crippen molar-refractivity contribution < 1.29 is 23.3 Å². The standard InChI is InChI=1S/C44H70NO5P/c1-16-19-30(18-3)22-24-43(14,15)33-26-35-29(4)34-25-32(40(5,6)7)27-36(41(8,9)10)38(34)48-51(47,49-39(35)37(28-33)42(11,12)13)50-44(45-46,23-17-2)31-20-21-31/h18,25-29,31,45-46H,16-17,19-24H2,1-15H3. The third-order valence-electron chi connectivity index (χ3n) is 11.2. The van der Waals surface area contributed by atoms with Crippen LogP contribution >= 0.6 is 7.82 Å². The van der Waals surface area contributed by atoms with Crippen LogP contribution in [-0.2, 0) is 30.7 Å². The maximum absolute atomic E-state index is 15.6. The van der Waals surface area contributed by atoms with Crippen molar-refractivity contribution in [3.8, 4) is 11.5 Å². The lowest BCUT2D eigenvalue weighted by Gasteiger charge is -2.39. The lowest BCUT2D eigenvalue weighted by atomic mass is 9.73. The Morgan fingerprint density at radius 2 is 1.31 bits per heavy atom. The van der Waals surface area contributed by atoms with Gasteiger partial charge in [0.2, 0.25) is 0 Å². The number of fused-ring (bicyclic) bond motifs is 2. The van der Waals surface area contributed by atoms with E-state index in [1.165, 1.54) is 16.7 Å². The summed E-state index contributed by atoms with van der Waals surface area (Å²) in [5.41, 5.74) is 8.07.